The van der Waals surface area contributed by atoms with Gasteiger partial charge in [0.25, 0.3) is 0 Å². The zero-order valence-corrected chi connectivity index (χ0v) is 12.0. The lowest BCUT2D eigenvalue weighted by Gasteiger charge is -2.18. The van der Waals surface area contributed by atoms with E-state index in [0.29, 0.717) is 13.2 Å². The molecule has 0 saturated carbocycles. The third-order valence-electron chi connectivity index (χ3n) is 2.02. The van der Waals surface area contributed by atoms with E-state index in [1.54, 1.807) is 18.2 Å². The minimum atomic E-state index is -0.0565. The van der Waals surface area contributed by atoms with Crippen LogP contribution in [0.15, 0.2) is 12.5 Å². The first-order valence-corrected chi connectivity index (χ1v) is 6.15. The molecule has 0 aliphatic heterocycles. The van der Waals surface area contributed by atoms with E-state index in [4.69, 9.17) is 4.74 Å². The van der Waals surface area contributed by atoms with Gasteiger partial charge in [-0.15, -0.1) is 0 Å². The molecule has 7 heteroatoms. The van der Waals surface area contributed by atoms with E-state index in [1.165, 1.54) is 6.33 Å². The van der Waals surface area contributed by atoms with Gasteiger partial charge in [-0.2, -0.15) is 0 Å². The van der Waals surface area contributed by atoms with Crippen molar-refractivity contribution in [3.05, 3.63) is 16.1 Å². The first kappa shape index (κ1) is 14.1. The lowest BCUT2D eigenvalue weighted by molar-refractivity contribution is -0.119. The summed E-state index contributed by atoms with van der Waals surface area (Å²) in [6.45, 7) is 1.29. The average molecular weight is 350 g/mol. The maximum atomic E-state index is 11.6. The van der Waals surface area contributed by atoms with Crippen LogP contribution in [0.2, 0.25) is 0 Å². The number of hydrogen-bond acceptors (Lipinski definition) is 5. The summed E-state index contributed by atoms with van der Waals surface area (Å²) >= 11 is 2.14. The van der Waals surface area contributed by atoms with Crippen LogP contribution in [-0.2, 0) is 9.53 Å². The second kappa shape index (κ2) is 7.38. The molecule has 94 valence electrons. The van der Waals surface area contributed by atoms with Gasteiger partial charge >= 0.3 is 0 Å². The molecule has 1 rings (SSSR count). The van der Waals surface area contributed by atoms with Gasteiger partial charge in [-0.1, -0.05) is 0 Å². The molecule has 0 aromatic carbocycles. The van der Waals surface area contributed by atoms with Crippen molar-refractivity contribution < 1.29 is 9.53 Å². The molecule has 1 heterocycles. The number of carbonyl (C=O) groups excluding carboxylic acids is 1. The summed E-state index contributed by atoms with van der Waals surface area (Å²) < 4.78 is 5.76. The number of amides is 1. The lowest BCUT2D eigenvalue weighted by Crippen LogP contribution is -2.37. The van der Waals surface area contributed by atoms with Crippen LogP contribution in [-0.4, -0.2) is 49.7 Å². The summed E-state index contributed by atoms with van der Waals surface area (Å²) in [4.78, 5) is 21.4. The Morgan fingerprint density at radius 2 is 2.41 bits per heavy atom. The van der Waals surface area contributed by atoms with E-state index in [0.717, 1.165) is 9.39 Å². The standard InChI is InChI=1S/C10H15IN4O2/c1-15(6-9(16)13-3-4-17-2)10-8(11)5-12-7-14-10/h5,7H,3-4,6H2,1-2H3,(H,13,16). The topological polar surface area (TPSA) is 67.3 Å². The van der Waals surface area contributed by atoms with Gasteiger partial charge in [-0.25, -0.2) is 9.97 Å². The van der Waals surface area contributed by atoms with Crippen molar-refractivity contribution in [3.63, 3.8) is 0 Å². The number of hydrogen-bond donors (Lipinski definition) is 1. The molecule has 6 nitrogen and oxygen atoms in total. The summed E-state index contributed by atoms with van der Waals surface area (Å²) in [5.41, 5.74) is 0. The summed E-state index contributed by atoms with van der Waals surface area (Å²) in [5, 5.41) is 2.75. The lowest BCUT2D eigenvalue weighted by atomic mass is 10.4. The number of anilines is 1. The first-order chi connectivity index (χ1) is 8.15. The number of methoxy groups -OCH3 is 1. The van der Waals surface area contributed by atoms with E-state index in [-0.39, 0.29) is 12.5 Å². The van der Waals surface area contributed by atoms with Crippen molar-refractivity contribution >= 4 is 34.3 Å². The molecule has 0 aliphatic carbocycles. The quantitative estimate of drug-likeness (QED) is 0.590. The zero-order valence-electron chi connectivity index (χ0n) is 9.81. The van der Waals surface area contributed by atoms with Crippen LogP contribution in [0.25, 0.3) is 0 Å². The molecular formula is C10H15IN4O2. The fourth-order valence-corrected chi connectivity index (χ4v) is 1.94. The normalized spacial score (nSPS) is 10.1. The van der Waals surface area contributed by atoms with Crippen LogP contribution < -0.4 is 10.2 Å². The fourth-order valence-electron chi connectivity index (χ4n) is 1.23. The number of likely N-dealkylation sites (N-methyl/N-ethyl adjacent to an activating group) is 1. The SMILES string of the molecule is COCCNC(=O)CN(C)c1ncncc1I. The van der Waals surface area contributed by atoms with Crippen LogP contribution in [0.4, 0.5) is 5.82 Å². The number of halogens is 1. The molecule has 1 amide bonds. The van der Waals surface area contributed by atoms with Gasteiger partial charge in [-0.3, -0.25) is 4.79 Å². The Kier molecular flexibility index (Phi) is 6.12. The Bertz CT molecular complexity index is 375. The summed E-state index contributed by atoms with van der Waals surface area (Å²) in [5.74, 6) is 0.696. The number of carbonyl (C=O) groups is 1. The second-order valence-electron chi connectivity index (χ2n) is 3.39. The number of rotatable bonds is 6. The van der Waals surface area contributed by atoms with Gasteiger partial charge in [0.1, 0.15) is 12.1 Å². The largest absolute Gasteiger partial charge is 0.383 e. The smallest absolute Gasteiger partial charge is 0.239 e. The molecule has 0 unspecified atom stereocenters. The summed E-state index contributed by atoms with van der Waals surface area (Å²) in [6.07, 6.45) is 3.18. The maximum absolute atomic E-state index is 11.6. The van der Waals surface area contributed by atoms with Crippen LogP contribution in [0, 0.1) is 3.57 Å². The Morgan fingerprint density at radius 3 is 3.06 bits per heavy atom. The number of nitrogens with one attached hydrogen (secondary N) is 1. The molecule has 0 aliphatic rings. The molecule has 1 aromatic heterocycles. The zero-order chi connectivity index (χ0) is 12.7. The highest BCUT2D eigenvalue weighted by molar-refractivity contribution is 14.1. The molecule has 17 heavy (non-hydrogen) atoms. The van der Waals surface area contributed by atoms with Crippen LogP contribution in [0.3, 0.4) is 0 Å². The fraction of sp³-hybridized carbons (Fsp3) is 0.500. The van der Waals surface area contributed by atoms with Crippen LogP contribution in [0.5, 0.6) is 0 Å². The van der Waals surface area contributed by atoms with Gasteiger partial charge in [0.15, 0.2) is 0 Å². The molecule has 0 saturated heterocycles. The predicted molar refractivity (Wildman–Crippen MR) is 72.9 cm³/mol. The molecule has 0 atom stereocenters. The molecule has 1 N–H and O–H groups in total. The molecular weight excluding hydrogens is 335 g/mol. The van der Waals surface area contributed by atoms with Crippen molar-refractivity contribution in [1.82, 2.24) is 15.3 Å². The van der Waals surface area contributed by atoms with E-state index in [2.05, 4.69) is 37.9 Å². The molecule has 1 aromatic rings. The van der Waals surface area contributed by atoms with Gasteiger partial charge < -0.3 is 15.0 Å². The molecule has 0 radical (unpaired) electrons. The molecule has 0 bridgehead atoms. The van der Waals surface area contributed by atoms with Crippen LogP contribution in [0.1, 0.15) is 0 Å². The third kappa shape index (κ3) is 4.82. The monoisotopic (exact) mass is 350 g/mol. The highest BCUT2D eigenvalue weighted by atomic mass is 127. The first-order valence-electron chi connectivity index (χ1n) is 5.07. The van der Waals surface area contributed by atoms with E-state index in [1.807, 2.05) is 7.05 Å². The van der Waals surface area contributed by atoms with Crippen molar-refractivity contribution in [2.75, 3.05) is 38.8 Å². The van der Waals surface area contributed by atoms with Gasteiger partial charge in [0.2, 0.25) is 5.91 Å². The van der Waals surface area contributed by atoms with Crippen molar-refractivity contribution in [3.8, 4) is 0 Å². The Hall–Kier alpha value is -0.960. The predicted octanol–water partition coefficient (Wildman–Crippen LogP) is 0.280. The second-order valence-corrected chi connectivity index (χ2v) is 4.56. The van der Waals surface area contributed by atoms with E-state index >= 15 is 0 Å². The van der Waals surface area contributed by atoms with Crippen molar-refractivity contribution in [2.24, 2.45) is 0 Å². The van der Waals surface area contributed by atoms with E-state index < -0.39 is 0 Å². The Balaban J connectivity index is 2.46. The highest BCUT2D eigenvalue weighted by Gasteiger charge is 2.10. The highest BCUT2D eigenvalue weighted by Crippen LogP contribution is 2.15. The van der Waals surface area contributed by atoms with Gasteiger partial charge in [-0.05, 0) is 22.6 Å². The third-order valence-corrected chi connectivity index (χ3v) is 2.78. The van der Waals surface area contributed by atoms with Gasteiger partial charge in [0.05, 0.1) is 16.7 Å². The van der Waals surface area contributed by atoms with Crippen molar-refractivity contribution in [1.29, 1.82) is 0 Å². The average Bonchev–Trinajstić information content (AvgIpc) is 2.29. The maximum Gasteiger partial charge on any atom is 0.239 e. The van der Waals surface area contributed by atoms with Crippen molar-refractivity contribution in [2.45, 2.75) is 0 Å². The number of ether oxygens (including phenoxy) is 1. The van der Waals surface area contributed by atoms with E-state index in [9.17, 15) is 4.79 Å². The van der Waals surface area contributed by atoms with Gasteiger partial charge in [0, 0.05) is 26.9 Å². The molecule has 0 spiro atoms. The minimum absolute atomic E-state index is 0.0565. The summed E-state index contributed by atoms with van der Waals surface area (Å²) in [6, 6.07) is 0. The number of aromatic nitrogens is 2. The van der Waals surface area contributed by atoms with Crippen LogP contribution >= 0.6 is 22.6 Å². The Labute approximate surface area is 114 Å². The molecule has 0 fully saturated rings. The summed E-state index contributed by atoms with van der Waals surface area (Å²) in [7, 11) is 3.42. The Morgan fingerprint density at radius 1 is 1.65 bits per heavy atom. The number of nitrogens with zero attached hydrogens (tertiary/aromatic N) is 3. The minimum Gasteiger partial charge on any atom is -0.383 e.